The number of benzene rings is 2. The summed E-state index contributed by atoms with van der Waals surface area (Å²) in [4.78, 5) is 26.9. The Kier molecular flexibility index (Phi) is 7.09. The molecule has 1 heterocycles. The van der Waals surface area contributed by atoms with Crippen LogP contribution in [0.5, 0.6) is 5.75 Å². The van der Waals surface area contributed by atoms with Gasteiger partial charge in [0.1, 0.15) is 5.75 Å². The van der Waals surface area contributed by atoms with Gasteiger partial charge in [0.15, 0.2) is 6.61 Å². The Labute approximate surface area is 173 Å². The molecule has 0 aromatic heterocycles. The number of para-hydroxylation sites is 1. The molecule has 0 unspecified atom stereocenters. The van der Waals surface area contributed by atoms with E-state index in [0.717, 1.165) is 35.2 Å². The third kappa shape index (κ3) is 5.69. The summed E-state index contributed by atoms with van der Waals surface area (Å²) in [5.74, 6) is 0.141. The molecule has 2 aromatic rings. The van der Waals surface area contributed by atoms with Crippen molar-refractivity contribution >= 4 is 40.1 Å². The van der Waals surface area contributed by atoms with Gasteiger partial charge in [-0.15, -0.1) is 0 Å². The molecule has 27 heavy (non-hydrogen) atoms. The molecule has 6 heteroatoms. The van der Waals surface area contributed by atoms with Crippen molar-refractivity contribution in [3.05, 3.63) is 57.7 Å². The first kappa shape index (κ1) is 19.7. The zero-order valence-electron chi connectivity index (χ0n) is 15.1. The summed E-state index contributed by atoms with van der Waals surface area (Å²) in [7, 11) is 0. The Bertz CT molecular complexity index is 784. The van der Waals surface area contributed by atoms with Crippen molar-refractivity contribution in [2.75, 3.05) is 25.0 Å². The van der Waals surface area contributed by atoms with Gasteiger partial charge in [-0.1, -0.05) is 25.0 Å². The van der Waals surface area contributed by atoms with E-state index in [4.69, 9.17) is 4.74 Å². The topological polar surface area (TPSA) is 58.6 Å². The van der Waals surface area contributed by atoms with Crippen LogP contribution in [-0.2, 0) is 4.79 Å². The first-order chi connectivity index (χ1) is 13.1. The number of carbonyl (C=O) groups is 2. The van der Waals surface area contributed by atoms with E-state index in [1.54, 1.807) is 24.3 Å². The third-order valence-corrected chi connectivity index (χ3v) is 5.26. The molecule has 1 saturated heterocycles. The van der Waals surface area contributed by atoms with Crippen molar-refractivity contribution in [1.29, 1.82) is 0 Å². The van der Waals surface area contributed by atoms with E-state index in [1.165, 1.54) is 12.8 Å². The van der Waals surface area contributed by atoms with Crippen LogP contribution in [0.15, 0.2) is 48.5 Å². The SMILES string of the molecule is O=C(Nc1ccc(I)cc1)c1ccccc1OCC(=O)N1CCCCCC1. The smallest absolute Gasteiger partial charge is 0.260 e. The number of amides is 2. The number of nitrogens with zero attached hydrogens (tertiary/aromatic N) is 1. The van der Waals surface area contributed by atoms with Crippen LogP contribution in [0.2, 0.25) is 0 Å². The van der Waals surface area contributed by atoms with Gasteiger partial charge >= 0.3 is 0 Å². The van der Waals surface area contributed by atoms with E-state index in [-0.39, 0.29) is 18.4 Å². The Morgan fingerprint density at radius 2 is 1.63 bits per heavy atom. The van der Waals surface area contributed by atoms with Gasteiger partial charge in [0.2, 0.25) is 0 Å². The number of ether oxygens (including phenoxy) is 1. The Morgan fingerprint density at radius 1 is 0.963 bits per heavy atom. The molecule has 2 aromatic carbocycles. The molecule has 0 spiro atoms. The minimum Gasteiger partial charge on any atom is -0.483 e. The number of hydrogen-bond donors (Lipinski definition) is 1. The second kappa shape index (κ2) is 9.73. The van der Waals surface area contributed by atoms with Crippen LogP contribution >= 0.6 is 22.6 Å². The van der Waals surface area contributed by atoms with Crippen LogP contribution < -0.4 is 10.1 Å². The lowest BCUT2D eigenvalue weighted by atomic mass is 10.2. The molecule has 1 aliphatic rings. The highest BCUT2D eigenvalue weighted by atomic mass is 127. The molecular formula is C21H23IN2O3. The number of carbonyl (C=O) groups excluding carboxylic acids is 2. The number of rotatable bonds is 5. The molecular weight excluding hydrogens is 455 g/mol. The van der Waals surface area contributed by atoms with Crippen LogP contribution in [0.4, 0.5) is 5.69 Å². The third-order valence-electron chi connectivity index (χ3n) is 4.54. The van der Waals surface area contributed by atoms with Gasteiger partial charge in [0.05, 0.1) is 5.56 Å². The maximum atomic E-state index is 12.6. The maximum Gasteiger partial charge on any atom is 0.260 e. The Hall–Kier alpha value is -2.09. The van der Waals surface area contributed by atoms with Crippen LogP contribution in [-0.4, -0.2) is 36.4 Å². The van der Waals surface area contributed by atoms with Crippen LogP contribution in [0, 0.1) is 3.57 Å². The molecule has 5 nitrogen and oxygen atoms in total. The highest BCUT2D eigenvalue weighted by molar-refractivity contribution is 14.1. The second-order valence-corrected chi connectivity index (χ2v) is 7.79. The largest absolute Gasteiger partial charge is 0.483 e. The standard InChI is InChI=1S/C21H23IN2O3/c22-16-9-11-17(12-10-16)23-21(26)18-7-3-4-8-19(18)27-15-20(25)24-13-5-1-2-6-14-24/h3-4,7-12H,1-2,5-6,13-15H2,(H,23,26). The summed E-state index contributed by atoms with van der Waals surface area (Å²) in [6.45, 7) is 1.53. The summed E-state index contributed by atoms with van der Waals surface area (Å²) in [5, 5.41) is 2.87. The Morgan fingerprint density at radius 3 is 2.33 bits per heavy atom. The number of anilines is 1. The average Bonchev–Trinajstić information content (AvgIpc) is 2.97. The molecule has 0 saturated carbocycles. The fourth-order valence-electron chi connectivity index (χ4n) is 3.06. The van der Waals surface area contributed by atoms with Crippen LogP contribution in [0.25, 0.3) is 0 Å². The Balaban J connectivity index is 1.63. The molecule has 2 amide bonds. The lowest BCUT2D eigenvalue weighted by molar-refractivity contribution is -0.133. The van der Waals surface area contributed by atoms with Crippen molar-refractivity contribution in [3.8, 4) is 5.75 Å². The van der Waals surface area contributed by atoms with Gasteiger partial charge in [0, 0.05) is 22.3 Å². The van der Waals surface area contributed by atoms with Crippen molar-refractivity contribution in [2.45, 2.75) is 25.7 Å². The molecule has 0 radical (unpaired) electrons. The fraction of sp³-hybridized carbons (Fsp3) is 0.333. The van der Waals surface area contributed by atoms with Gasteiger partial charge in [-0.05, 0) is 71.8 Å². The molecule has 3 rings (SSSR count). The lowest BCUT2D eigenvalue weighted by Crippen LogP contribution is -2.35. The predicted molar refractivity (Wildman–Crippen MR) is 114 cm³/mol. The lowest BCUT2D eigenvalue weighted by Gasteiger charge is -2.20. The van der Waals surface area contributed by atoms with Crippen LogP contribution in [0.3, 0.4) is 0 Å². The number of halogens is 1. The summed E-state index contributed by atoms with van der Waals surface area (Å²) < 4.78 is 6.82. The van der Waals surface area contributed by atoms with E-state index < -0.39 is 0 Å². The highest BCUT2D eigenvalue weighted by Crippen LogP contribution is 2.21. The molecule has 1 N–H and O–H groups in total. The molecule has 0 bridgehead atoms. The summed E-state index contributed by atoms with van der Waals surface area (Å²) in [6, 6.07) is 14.6. The van der Waals surface area contributed by atoms with Crippen molar-refractivity contribution in [2.24, 2.45) is 0 Å². The molecule has 0 aliphatic carbocycles. The zero-order chi connectivity index (χ0) is 19.1. The number of hydrogen-bond acceptors (Lipinski definition) is 3. The average molecular weight is 478 g/mol. The zero-order valence-corrected chi connectivity index (χ0v) is 17.3. The maximum absolute atomic E-state index is 12.6. The van der Waals surface area contributed by atoms with Crippen LogP contribution in [0.1, 0.15) is 36.0 Å². The van der Waals surface area contributed by atoms with Crippen molar-refractivity contribution in [1.82, 2.24) is 4.90 Å². The summed E-state index contributed by atoms with van der Waals surface area (Å²) >= 11 is 2.22. The minimum absolute atomic E-state index is 0.0234. The number of likely N-dealkylation sites (tertiary alicyclic amines) is 1. The molecule has 1 fully saturated rings. The number of nitrogens with one attached hydrogen (secondary N) is 1. The summed E-state index contributed by atoms with van der Waals surface area (Å²) in [5.41, 5.74) is 1.13. The van der Waals surface area contributed by atoms with Gasteiger partial charge in [-0.25, -0.2) is 0 Å². The van der Waals surface area contributed by atoms with Gasteiger partial charge in [-0.2, -0.15) is 0 Å². The monoisotopic (exact) mass is 478 g/mol. The summed E-state index contributed by atoms with van der Waals surface area (Å²) in [6.07, 6.45) is 4.43. The first-order valence-electron chi connectivity index (χ1n) is 9.20. The van der Waals surface area contributed by atoms with E-state index in [1.807, 2.05) is 29.2 Å². The minimum atomic E-state index is -0.256. The van der Waals surface area contributed by atoms with E-state index in [2.05, 4.69) is 27.9 Å². The molecule has 0 atom stereocenters. The van der Waals surface area contributed by atoms with E-state index in [0.29, 0.717) is 11.3 Å². The normalized spacial score (nSPS) is 14.3. The second-order valence-electron chi connectivity index (χ2n) is 6.54. The molecule has 1 aliphatic heterocycles. The van der Waals surface area contributed by atoms with Crippen molar-refractivity contribution < 1.29 is 14.3 Å². The van der Waals surface area contributed by atoms with Gasteiger partial charge in [-0.3, -0.25) is 9.59 Å². The van der Waals surface area contributed by atoms with E-state index >= 15 is 0 Å². The van der Waals surface area contributed by atoms with Crippen molar-refractivity contribution in [3.63, 3.8) is 0 Å². The van der Waals surface area contributed by atoms with E-state index in [9.17, 15) is 9.59 Å². The highest BCUT2D eigenvalue weighted by Gasteiger charge is 2.18. The van der Waals surface area contributed by atoms with Gasteiger partial charge < -0.3 is 15.0 Å². The fourth-order valence-corrected chi connectivity index (χ4v) is 3.42. The predicted octanol–water partition coefficient (Wildman–Crippen LogP) is 4.32. The molecule has 142 valence electrons. The quantitative estimate of drug-likeness (QED) is 0.652. The first-order valence-corrected chi connectivity index (χ1v) is 10.3. The van der Waals surface area contributed by atoms with Gasteiger partial charge in [0.25, 0.3) is 11.8 Å².